The van der Waals surface area contributed by atoms with Crippen molar-refractivity contribution >= 4 is 17.4 Å². The van der Waals surface area contributed by atoms with Gasteiger partial charge in [0.05, 0.1) is 18.4 Å². The Labute approximate surface area is 171 Å². The highest BCUT2D eigenvalue weighted by Crippen LogP contribution is 2.47. The Morgan fingerprint density at radius 2 is 1.70 bits per heavy atom. The molecular formula is C23H20F3NO3. The van der Waals surface area contributed by atoms with E-state index in [1.807, 2.05) is 0 Å². The van der Waals surface area contributed by atoms with Crippen molar-refractivity contribution < 1.29 is 27.5 Å². The van der Waals surface area contributed by atoms with Crippen LogP contribution in [0.15, 0.2) is 59.8 Å². The number of nitrogens with zero attached hydrogens (tertiary/aromatic N) is 1. The Balaban J connectivity index is 1.92. The summed E-state index contributed by atoms with van der Waals surface area (Å²) >= 11 is 0. The number of hydrogen-bond donors (Lipinski definition) is 0. The van der Waals surface area contributed by atoms with E-state index in [4.69, 9.17) is 4.74 Å². The minimum Gasteiger partial charge on any atom is -0.496 e. The summed E-state index contributed by atoms with van der Waals surface area (Å²) in [5.41, 5.74) is 0.368. The van der Waals surface area contributed by atoms with Crippen LogP contribution in [0.4, 0.5) is 18.9 Å². The van der Waals surface area contributed by atoms with Crippen molar-refractivity contribution in [2.24, 2.45) is 0 Å². The summed E-state index contributed by atoms with van der Waals surface area (Å²) in [5.74, 6) is -0.583. The van der Waals surface area contributed by atoms with E-state index >= 15 is 0 Å². The standard InChI is InChI=1S/C23H20F3NO3/c1-30-20-12-5-2-7-14(20)15-13-21(29)27(18-10-6-11-19(28)22(15)18)17-9-4-3-8-16(17)23(24,25)26/h2-5,7-9,12,15H,6,10-11,13H2,1H3. The number of alkyl halides is 3. The van der Waals surface area contributed by atoms with Gasteiger partial charge in [0.2, 0.25) is 5.91 Å². The maximum atomic E-state index is 13.6. The van der Waals surface area contributed by atoms with Crippen LogP contribution in [-0.2, 0) is 15.8 Å². The van der Waals surface area contributed by atoms with Crippen molar-refractivity contribution in [2.75, 3.05) is 12.0 Å². The number of amides is 1. The van der Waals surface area contributed by atoms with Gasteiger partial charge in [0, 0.05) is 35.6 Å². The average Bonchev–Trinajstić information content (AvgIpc) is 2.72. The van der Waals surface area contributed by atoms with Gasteiger partial charge in [0.25, 0.3) is 0 Å². The van der Waals surface area contributed by atoms with Gasteiger partial charge in [-0.25, -0.2) is 0 Å². The molecule has 4 nitrogen and oxygen atoms in total. The third kappa shape index (κ3) is 3.38. The first-order valence-corrected chi connectivity index (χ1v) is 9.71. The van der Waals surface area contributed by atoms with Crippen LogP contribution in [0.25, 0.3) is 0 Å². The summed E-state index contributed by atoms with van der Waals surface area (Å²) in [5, 5.41) is 0. The van der Waals surface area contributed by atoms with E-state index in [0.29, 0.717) is 41.8 Å². The third-order valence-corrected chi connectivity index (χ3v) is 5.64. The number of halogens is 3. The van der Waals surface area contributed by atoms with Crippen molar-refractivity contribution in [2.45, 2.75) is 37.8 Å². The monoisotopic (exact) mass is 415 g/mol. The Bertz CT molecular complexity index is 1040. The first-order chi connectivity index (χ1) is 14.3. The number of allylic oxidation sites excluding steroid dienone is 2. The second-order valence-electron chi connectivity index (χ2n) is 7.38. The van der Waals surface area contributed by atoms with E-state index in [0.717, 1.165) is 11.0 Å². The quantitative estimate of drug-likeness (QED) is 0.689. The molecule has 2 aromatic carbocycles. The van der Waals surface area contributed by atoms with Gasteiger partial charge < -0.3 is 4.74 Å². The van der Waals surface area contributed by atoms with Crippen LogP contribution in [0.2, 0.25) is 0 Å². The largest absolute Gasteiger partial charge is 0.496 e. The summed E-state index contributed by atoms with van der Waals surface area (Å²) in [7, 11) is 1.51. The number of methoxy groups -OCH3 is 1. The first-order valence-electron chi connectivity index (χ1n) is 9.71. The number of benzene rings is 2. The molecule has 1 amide bonds. The van der Waals surface area contributed by atoms with Gasteiger partial charge in [-0.3, -0.25) is 14.5 Å². The highest BCUT2D eigenvalue weighted by molar-refractivity contribution is 6.08. The van der Waals surface area contributed by atoms with Gasteiger partial charge in [0.15, 0.2) is 5.78 Å². The van der Waals surface area contributed by atoms with E-state index in [-0.39, 0.29) is 17.9 Å². The summed E-state index contributed by atoms with van der Waals surface area (Å²) in [6, 6.07) is 12.1. The number of Topliss-reactive ketones (excluding diaryl/α,β-unsaturated/α-hetero) is 1. The molecule has 0 saturated carbocycles. The summed E-state index contributed by atoms with van der Waals surface area (Å²) in [6.45, 7) is 0. The van der Waals surface area contributed by atoms with Gasteiger partial charge in [-0.2, -0.15) is 13.2 Å². The van der Waals surface area contributed by atoms with E-state index in [9.17, 15) is 22.8 Å². The molecule has 0 radical (unpaired) electrons. The summed E-state index contributed by atoms with van der Waals surface area (Å²) in [6.07, 6.45) is -3.54. The average molecular weight is 415 g/mol. The Hall–Kier alpha value is -3.09. The summed E-state index contributed by atoms with van der Waals surface area (Å²) in [4.78, 5) is 27.2. The minimum absolute atomic E-state index is 0.100. The summed E-state index contributed by atoms with van der Waals surface area (Å²) < 4.78 is 46.3. The number of anilines is 1. The number of ether oxygens (including phenoxy) is 1. The molecule has 1 heterocycles. The molecule has 1 aliphatic heterocycles. The number of carbonyl (C=O) groups excluding carboxylic acids is 2. The topological polar surface area (TPSA) is 46.6 Å². The van der Waals surface area contributed by atoms with Crippen molar-refractivity contribution in [3.63, 3.8) is 0 Å². The molecule has 0 saturated heterocycles. The van der Waals surface area contributed by atoms with Crippen molar-refractivity contribution in [3.05, 3.63) is 70.9 Å². The van der Waals surface area contributed by atoms with Crippen LogP contribution in [0.3, 0.4) is 0 Å². The van der Waals surface area contributed by atoms with Gasteiger partial charge >= 0.3 is 6.18 Å². The van der Waals surface area contributed by atoms with E-state index in [1.54, 1.807) is 24.3 Å². The molecule has 0 aromatic heterocycles. The van der Waals surface area contributed by atoms with Crippen LogP contribution in [0.5, 0.6) is 5.75 Å². The van der Waals surface area contributed by atoms with E-state index < -0.39 is 23.6 Å². The lowest BCUT2D eigenvalue weighted by atomic mass is 9.76. The molecule has 30 heavy (non-hydrogen) atoms. The Morgan fingerprint density at radius 3 is 2.43 bits per heavy atom. The zero-order valence-electron chi connectivity index (χ0n) is 16.3. The molecule has 0 bridgehead atoms. The molecule has 2 aromatic rings. The SMILES string of the molecule is COc1ccccc1C1CC(=O)N(c2ccccc2C(F)(F)F)C2=C1C(=O)CCC2. The fraction of sp³-hybridized carbons (Fsp3) is 0.304. The molecule has 1 atom stereocenters. The normalized spacial score (nSPS) is 19.7. The van der Waals surface area contributed by atoms with Gasteiger partial charge in [0.1, 0.15) is 5.75 Å². The second kappa shape index (κ2) is 7.63. The fourth-order valence-corrected chi connectivity index (χ4v) is 4.40. The van der Waals surface area contributed by atoms with Gasteiger partial charge in [-0.05, 0) is 31.0 Å². The number of carbonyl (C=O) groups is 2. The van der Waals surface area contributed by atoms with E-state index in [2.05, 4.69) is 0 Å². The zero-order valence-corrected chi connectivity index (χ0v) is 16.3. The molecule has 0 fully saturated rings. The predicted molar refractivity (Wildman–Crippen MR) is 105 cm³/mol. The molecular weight excluding hydrogens is 395 g/mol. The number of para-hydroxylation sites is 2. The highest BCUT2D eigenvalue weighted by Gasteiger charge is 2.43. The maximum absolute atomic E-state index is 13.6. The van der Waals surface area contributed by atoms with Crippen LogP contribution in [0, 0.1) is 0 Å². The Morgan fingerprint density at radius 1 is 1.00 bits per heavy atom. The van der Waals surface area contributed by atoms with Crippen LogP contribution in [-0.4, -0.2) is 18.8 Å². The zero-order chi connectivity index (χ0) is 21.5. The molecule has 2 aliphatic rings. The lowest BCUT2D eigenvalue weighted by Crippen LogP contribution is -2.41. The smallest absolute Gasteiger partial charge is 0.418 e. The molecule has 0 N–H and O–H groups in total. The fourth-order valence-electron chi connectivity index (χ4n) is 4.40. The first kappa shape index (κ1) is 20.2. The van der Waals surface area contributed by atoms with Crippen molar-refractivity contribution in [1.82, 2.24) is 0 Å². The lowest BCUT2D eigenvalue weighted by Gasteiger charge is -2.39. The Kier molecular flexibility index (Phi) is 5.13. The molecule has 0 spiro atoms. The van der Waals surface area contributed by atoms with Gasteiger partial charge in [-0.15, -0.1) is 0 Å². The minimum atomic E-state index is -4.62. The van der Waals surface area contributed by atoms with Crippen molar-refractivity contribution in [1.29, 1.82) is 0 Å². The molecule has 1 unspecified atom stereocenters. The number of hydrogen-bond acceptors (Lipinski definition) is 3. The maximum Gasteiger partial charge on any atom is 0.418 e. The lowest BCUT2D eigenvalue weighted by molar-refractivity contribution is -0.137. The molecule has 156 valence electrons. The molecule has 4 rings (SSSR count). The molecule has 7 heteroatoms. The number of rotatable bonds is 3. The third-order valence-electron chi connectivity index (χ3n) is 5.64. The van der Waals surface area contributed by atoms with Gasteiger partial charge in [-0.1, -0.05) is 30.3 Å². The van der Waals surface area contributed by atoms with E-state index in [1.165, 1.54) is 25.3 Å². The second-order valence-corrected chi connectivity index (χ2v) is 7.38. The molecule has 1 aliphatic carbocycles. The van der Waals surface area contributed by atoms with Crippen LogP contribution in [0.1, 0.15) is 42.7 Å². The van der Waals surface area contributed by atoms with Crippen LogP contribution >= 0.6 is 0 Å². The van der Waals surface area contributed by atoms with Crippen molar-refractivity contribution in [3.8, 4) is 5.75 Å². The number of ketones is 1. The van der Waals surface area contributed by atoms with Crippen LogP contribution < -0.4 is 9.64 Å². The predicted octanol–water partition coefficient (Wildman–Crippen LogP) is 5.24. The highest BCUT2D eigenvalue weighted by atomic mass is 19.4.